The van der Waals surface area contributed by atoms with Gasteiger partial charge in [-0.05, 0) is 43.7 Å². The number of hydrogen-bond donors (Lipinski definition) is 1. The van der Waals surface area contributed by atoms with Crippen molar-refractivity contribution in [3.8, 4) is 0 Å². The second-order valence-corrected chi connectivity index (χ2v) is 10.0. The molecule has 0 unspecified atom stereocenters. The molecule has 0 bridgehead atoms. The smallest absolute Gasteiger partial charge is 0.300 e. The SMILES string of the molecule is CCc1nnc(NC(=O)CCN(c2ccc(C)cc2)S(=O)(=O)c2cccc(C(F)(F)F)c2)s1. The number of amides is 1. The Morgan fingerprint density at radius 3 is 2.42 bits per heavy atom. The lowest BCUT2D eigenvalue weighted by atomic mass is 10.2. The van der Waals surface area contributed by atoms with E-state index in [2.05, 4.69) is 15.5 Å². The predicted octanol–water partition coefficient (Wildman–Crippen LogP) is 4.65. The maximum absolute atomic E-state index is 13.3. The van der Waals surface area contributed by atoms with Gasteiger partial charge < -0.3 is 5.32 Å². The van der Waals surface area contributed by atoms with Crippen LogP contribution in [0.25, 0.3) is 0 Å². The van der Waals surface area contributed by atoms with Gasteiger partial charge in [-0.15, -0.1) is 10.2 Å². The Morgan fingerprint density at radius 1 is 1.12 bits per heavy atom. The Morgan fingerprint density at radius 2 is 1.82 bits per heavy atom. The van der Waals surface area contributed by atoms with Crippen LogP contribution in [0.5, 0.6) is 0 Å². The lowest BCUT2D eigenvalue weighted by Gasteiger charge is -2.25. The van der Waals surface area contributed by atoms with Gasteiger partial charge >= 0.3 is 6.18 Å². The minimum atomic E-state index is -4.70. The molecule has 0 aliphatic rings. The number of aromatic nitrogens is 2. The molecule has 0 saturated heterocycles. The highest BCUT2D eigenvalue weighted by Crippen LogP contribution is 2.32. The fourth-order valence-electron chi connectivity index (χ4n) is 2.89. The molecule has 7 nitrogen and oxygen atoms in total. The van der Waals surface area contributed by atoms with E-state index >= 15 is 0 Å². The van der Waals surface area contributed by atoms with Crippen LogP contribution in [0.3, 0.4) is 0 Å². The van der Waals surface area contributed by atoms with E-state index in [-0.39, 0.29) is 18.7 Å². The van der Waals surface area contributed by atoms with E-state index in [4.69, 9.17) is 0 Å². The molecule has 3 rings (SSSR count). The number of benzene rings is 2. The third-order valence-electron chi connectivity index (χ3n) is 4.63. The number of sulfonamides is 1. The molecule has 0 saturated carbocycles. The number of halogens is 3. The molecule has 0 aliphatic heterocycles. The first-order valence-electron chi connectivity index (χ1n) is 9.89. The molecule has 0 spiro atoms. The van der Waals surface area contributed by atoms with E-state index in [0.717, 1.165) is 33.1 Å². The van der Waals surface area contributed by atoms with Crippen molar-refractivity contribution < 1.29 is 26.4 Å². The number of hydrogen-bond acceptors (Lipinski definition) is 6. The molecule has 0 atom stereocenters. The summed E-state index contributed by atoms with van der Waals surface area (Å²) in [7, 11) is -4.39. The van der Waals surface area contributed by atoms with E-state index in [9.17, 15) is 26.4 Å². The van der Waals surface area contributed by atoms with Crippen molar-refractivity contribution in [2.24, 2.45) is 0 Å². The lowest BCUT2D eigenvalue weighted by molar-refractivity contribution is -0.137. The largest absolute Gasteiger partial charge is 0.416 e. The summed E-state index contributed by atoms with van der Waals surface area (Å²) in [5.41, 5.74) is 0.0269. The molecule has 3 aromatic rings. The van der Waals surface area contributed by atoms with Crippen molar-refractivity contribution in [2.75, 3.05) is 16.2 Å². The quantitative estimate of drug-likeness (QED) is 0.488. The minimum Gasteiger partial charge on any atom is -0.300 e. The zero-order chi connectivity index (χ0) is 24.2. The first kappa shape index (κ1) is 24.6. The van der Waals surface area contributed by atoms with E-state index in [0.29, 0.717) is 17.6 Å². The third kappa shape index (κ3) is 6.08. The van der Waals surface area contributed by atoms with Crippen LogP contribution in [0.15, 0.2) is 53.4 Å². The van der Waals surface area contributed by atoms with Gasteiger partial charge in [0.15, 0.2) is 0 Å². The zero-order valence-corrected chi connectivity index (χ0v) is 19.4. The summed E-state index contributed by atoms with van der Waals surface area (Å²) in [6.07, 6.45) is -4.28. The molecule has 2 aromatic carbocycles. The molecule has 1 N–H and O–H groups in total. The predicted molar refractivity (Wildman–Crippen MR) is 120 cm³/mol. The zero-order valence-electron chi connectivity index (χ0n) is 17.8. The molecule has 0 aliphatic carbocycles. The van der Waals surface area contributed by atoms with Crippen LogP contribution in [0.2, 0.25) is 0 Å². The third-order valence-corrected chi connectivity index (χ3v) is 7.44. The van der Waals surface area contributed by atoms with Crippen LogP contribution in [-0.2, 0) is 27.4 Å². The Hall–Kier alpha value is -2.99. The van der Waals surface area contributed by atoms with Crippen LogP contribution < -0.4 is 9.62 Å². The second-order valence-electron chi connectivity index (χ2n) is 7.09. The first-order valence-corrected chi connectivity index (χ1v) is 12.1. The average Bonchev–Trinajstić information content (AvgIpc) is 3.22. The molecule has 176 valence electrons. The van der Waals surface area contributed by atoms with Gasteiger partial charge in [0.25, 0.3) is 10.0 Å². The number of nitrogens with one attached hydrogen (secondary N) is 1. The maximum atomic E-state index is 13.3. The summed E-state index contributed by atoms with van der Waals surface area (Å²) in [6.45, 7) is 3.42. The maximum Gasteiger partial charge on any atom is 0.416 e. The number of carbonyl (C=O) groups excluding carboxylic acids is 1. The fraction of sp³-hybridized carbons (Fsp3) is 0.286. The van der Waals surface area contributed by atoms with Gasteiger partial charge in [-0.1, -0.05) is 42.0 Å². The molecule has 33 heavy (non-hydrogen) atoms. The number of anilines is 2. The Labute approximate surface area is 193 Å². The first-order chi connectivity index (χ1) is 15.5. The average molecular weight is 499 g/mol. The van der Waals surface area contributed by atoms with E-state index < -0.39 is 32.6 Å². The summed E-state index contributed by atoms with van der Waals surface area (Å²) in [6, 6.07) is 9.96. The Kier molecular flexibility index (Phi) is 7.38. The number of carbonyl (C=O) groups is 1. The van der Waals surface area contributed by atoms with Crippen LogP contribution in [0, 0.1) is 6.92 Å². The Balaban J connectivity index is 1.88. The van der Waals surface area contributed by atoms with E-state index in [1.807, 2.05) is 13.8 Å². The highest BCUT2D eigenvalue weighted by atomic mass is 32.2. The van der Waals surface area contributed by atoms with E-state index in [1.165, 1.54) is 23.5 Å². The number of nitrogens with zero attached hydrogens (tertiary/aromatic N) is 3. The monoisotopic (exact) mass is 498 g/mol. The molecule has 0 fully saturated rings. The van der Waals surface area contributed by atoms with Gasteiger partial charge in [-0.2, -0.15) is 13.2 Å². The molecule has 1 aromatic heterocycles. The van der Waals surface area contributed by atoms with Gasteiger partial charge in [-0.3, -0.25) is 9.10 Å². The lowest BCUT2D eigenvalue weighted by Crippen LogP contribution is -2.34. The number of alkyl halides is 3. The van der Waals surface area contributed by atoms with Crippen molar-refractivity contribution in [2.45, 2.75) is 37.8 Å². The van der Waals surface area contributed by atoms with Crippen molar-refractivity contribution in [3.05, 3.63) is 64.7 Å². The van der Waals surface area contributed by atoms with Crippen molar-refractivity contribution >= 4 is 38.1 Å². The topological polar surface area (TPSA) is 92.3 Å². The normalized spacial score (nSPS) is 11.9. The molecule has 1 amide bonds. The van der Waals surface area contributed by atoms with Gasteiger partial charge in [0, 0.05) is 13.0 Å². The fourth-order valence-corrected chi connectivity index (χ4v) is 5.10. The van der Waals surface area contributed by atoms with E-state index in [1.54, 1.807) is 12.1 Å². The number of aryl methyl sites for hydroxylation is 2. The van der Waals surface area contributed by atoms with Crippen molar-refractivity contribution in [1.29, 1.82) is 0 Å². The standard InChI is InChI=1S/C21H21F3N4O3S2/c1-3-19-26-27-20(32-19)25-18(29)11-12-28(16-9-7-14(2)8-10-16)33(30,31)17-6-4-5-15(13-17)21(22,23)24/h4-10,13H,3,11-12H2,1-2H3,(H,25,27,29). The molecular formula is C21H21F3N4O3S2. The van der Waals surface area contributed by atoms with Crippen LogP contribution >= 0.6 is 11.3 Å². The van der Waals surface area contributed by atoms with Crippen LogP contribution in [0.4, 0.5) is 24.0 Å². The molecule has 0 radical (unpaired) electrons. The van der Waals surface area contributed by atoms with Gasteiger partial charge in [0.05, 0.1) is 16.1 Å². The number of rotatable bonds is 8. The Bertz CT molecular complexity index is 1230. The second kappa shape index (κ2) is 9.87. The summed E-state index contributed by atoms with van der Waals surface area (Å²) >= 11 is 1.21. The van der Waals surface area contributed by atoms with Gasteiger partial charge in [0.2, 0.25) is 11.0 Å². The molecule has 1 heterocycles. The van der Waals surface area contributed by atoms with Gasteiger partial charge in [0.1, 0.15) is 5.01 Å². The van der Waals surface area contributed by atoms with Gasteiger partial charge in [-0.25, -0.2) is 8.42 Å². The highest BCUT2D eigenvalue weighted by molar-refractivity contribution is 7.92. The van der Waals surface area contributed by atoms with Crippen molar-refractivity contribution in [1.82, 2.24) is 10.2 Å². The summed E-state index contributed by atoms with van der Waals surface area (Å²) < 4.78 is 67.0. The summed E-state index contributed by atoms with van der Waals surface area (Å²) in [5.74, 6) is -0.495. The van der Waals surface area contributed by atoms with Crippen LogP contribution in [-0.4, -0.2) is 31.1 Å². The molecule has 12 heteroatoms. The summed E-state index contributed by atoms with van der Waals surface area (Å²) in [5, 5.41) is 11.3. The minimum absolute atomic E-state index is 0.231. The van der Waals surface area contributed by atoms with Crippen molar-refractivity contribution in [3.63, 3.8) is 0 Å². The summed E-state index contributed by atoms with van der Waals surface area (Å²) in [4.78, 5) is 11.9. The highest BCUT2D eigenvalue weighted by Gasteiger charge is 2.33. The van der Waals surface area contributed by atoms with Crippen LogP contribution in [0.1, 0.15) is 29.5 Å². The molecular weight excluding hydrogens is 477 g/mol.